The van der Waals surface area contributed by atoms with E-state index in [1.807, 2.05) is 0 Å². The standard InChI is InChI=1S/C11H10Cl2N4OS2/c1-5(19-11-17-16-10(14)20-11)9(18)15-8-3-6(12)2-7(13)4-8/h2-5H,1H3,(H2,14,16)(H,15,18). The monoisotopic (exact) mass is 348 g/mol. The molecule has 0 fully saturated rings. The lowest BCUT2D eigenvalue weighted by Gasteiger charge is -2.10. The van der Waals surface area contributed by atoms with Crippen LogP contribution in [0.15, 0.2) is 22.5 Å². The van der Waals surface area contributed by atoms with Gasteiger partial charge in [0.25, 0.3) is 0 Å². The van der Waals surface area contributed by atoms with Gasteiger partial charge < -0.3 is 11.1 Å². The maximum absolute atomic E-state index is 12.1. The first-order chi connectivity index (χ1) is 9.44. The first-order valence-corrected chi connectivity index (χ1v) is 7.92. The molecule has 1 atom stereocenters. The molecule has 0 aliphatic heterocycles. The van der Waals surface area contributed by atoms with E-state index in [2.05, 4.69) is 15.5 Å². The molecule has 5 nitrogen and oxygen atoms in total. The lowest BCUT2D eigenvalue weighted by Crippen LogP contribution is -2.22. The number of nitrogens with one attached hydrogen (secondary N) is 1. The van der Waals surface area contributed by atoms with E-state index in [9.17, 15) is 4.79 Å². The van der Waals surface area contributed by atoms with Crippen LogP contribution < -0.4 is 11.1 Å². The normalized spacial score (nSPS) is 12.2. The molecule has 2 aromatic rings. The summed E-state index contributed by atoms with van der Waals surface area (Å²) in [4.78, 5) is 12.1. The third kappa shape index (κ3) is 4.24. The Hall–Kier alpha value is -1.02. The lowest BCUT2D eigenvalue weighted by molar-refractivity contribution is -0.115. The highest BCUT2D eigenvalue weighted by Gasteiger charge is 2.17. The number of aromatic nitrogens is 2. The average Bonchev–Trinajstić information content (AvgIpc) is 2.73. The molecule has 0 saturated heterocycles. The number of hydrogen-bond donors (Lipinski definition) is 2. The van der Waals surface area contributed by atoms with Crippen molar-refractivity contribution < 1.29 is 4.79 Å². The fourth-order valence-corrected chi connectivity index (χ4v) is 3.65. The van der Waals surface area contributed by atoms with Crippen LogP contribution in [0.4, 0.5) is 10.8 Å². The third-order valence-electron chi connectivity index (χ3n) is 2.20. The summed E-state index contributed by atoms with van der Waals surface area (Å²) in [6.45, 7) is 1.77. The molecule has 0 radical (unpaired) electrons. The van der Waals surface area contributed by atoms with E-state index in [4.69, 9.17) is 28.9 Å². The fraction of sp³-hybridized carbons (Fsp3) is 0.182. The van der Waals surface area contributed by atoms with E-state index < -0.39 is 0 Å². The Kier molecular flexibility index (Phi) is 5.09. The number of carbonyl (C=O) groups excluding carboxylic acids is 1. The predicted molar refractivity (Wildman–Crippen MR) is 84.7 cm³/mol. The Morgan fingerprint density at radius 3 is 2.55 bits per heavy atom. The SMILES string of the molecule is CC(Sc1nnc(N)s1)C(=O)Nc1cc(Cl)cc(Cl)c1. The topological polar surface area (TPSA) is 80.9 Å². The third-order valence-corrected chi connectivity index (χ3v) is 4.57. The van der Waals surface area contributed by atoms with Gasteiger partial charge in [0.2, 0.25) is 11.0 Å². The van der Waals surface area contributed by atoms with Crippen molar-refractivity contribution in [2.75, 3.05) is 11.1 Å². The van der Waals surface area contributed by atoms with E-state index in [1.165, 1.54) is 23.1 Å². The van der Waals surface area contributed by atoms with E-state index in [0.29, 0.717) is 25.2 Å². The van der Waals surface area contributed by atoms with Gasteiger partial charge in [-0.2, -0.15) is 0 Å². The van der Waals surface area contributed by atoms with Crippen molar-refractivity contribution in [3.63, 3.8) is 0 Å². The van der Waals surface area contributed by atoms with Crippen molar-refractivity contribution >= 4 is 63.0 Å². The summed E-state index contributed by atoms with van der Waals surface area (Å²) >= 11 is 14.3. The van der Waals surface area contributed by atoms with Crippen LogP contribution in [-0.2, 0) is 4.79 Å². The summed E-state index contributed by atoms with van der Waals surface area (Å²) in [6, 6.07) is 4.86. The van der Waals surface area contributed by atoms with E-state index in [1.54, 1.807) is 25.1 Å². The molecule has 0 aliphatic rings. The number of hydrogen-bond acceptors (Lipinski definition) is 6. The minimum atomic E-state index is -0.347. The van der Waals surface area contributed by atoms with Gasteiger partial charge in [-0.1, -0.05) is 46.3 Å². The maximum atomic E-state index is 12.1. The lowest BCUT2D eigenvalue weighted by atomic mass is 10.3. The number of nitrogen functional groups attached to an aromatic ring is 1. The van der Waals surface area contributed by atoms with Crippen LogP contribution in [0.5, 0.6) is 0 Å². The van der Waals surface area contributed by atoms with E-state index in [0.717, 1.165) is 0 Å². The van der Waals surface area contributed by atoms with E-state index >= 15 is 0 Å². The van der Waals surface area contributed by atoms with Crippen molar-refractivity contribution in [2.24, 2.45) is 0 Å². The summed E-state index contributed by atoms with van der Waals surface area (Å²) in [7, 11) is 0. The zero-order valence-corrected chi connectivity index (χ0v) is 13.4. The zero-order chi connectivity index (χ0) is 14.7. The van der Waals surface area contributed by atoms with Gasteiger partial charge in [-0.25, -0.2) is 0 Å². The molecule has 1 aromatic heterocycles. The molecule has 20 heavy (non-hydrogen) atoms. The molecule has 0 bridgehead atoms. The fourth-order valence-electron chi connectivity index (χ4n) is 1.34. The highest BCUT2D eigenvalue weighted by atomic mass is 35.5. The summed E-state index contributed by atoms with van der Waals surface area (Å²) < 4.78 is 0.647. The van der Waals surface area contributed by atoms with Crippen LogP contribution in [0.2, 0.25) is 10.0 Å². The maximum Gasteiger partial charge on any atom is 0.237 e. The Morgan fingerprint density at radius 1 is 1.35 bits per heavy atom. The number of rotatable bonds is 4. The van der Waals surface area contributed by atoms with Crippen molar-refractivity contribution in [3.8, 4) is 0 Å². The number of amides is 1. The average molecular weight is 349 g/mol. The molecule has 1 amide bonds. The molecule has 3 N–H and O–H groups in total. The van der Waals surface area contributed by atoms with Gasteiger partial charge in [0.05, 0.1) is 5.25 Å². The minimum absolute atomic E-state index is 0.179. The van der Waals surface area contributed by atoms with Gasteiger partial charge >= 0.3 is 0 Å². The van der Waals surface area contributed by atoms with Crippen molar-refractivity contribution in [2.45, 2.75) is 16.5 Å². The molecule has 106 valence electrons. The second-order valence-electron chi connectivity index (χ2n) is 3.81. The highest BCUT2D eigenvalue weighted by Crippen LogP contribution is 2.28. The quantitative estimate of drug-likeness (QED) is 0.825. The molecular formula is C11H10Cl2N4OS2. The van der Waals surface area contributed by atoms with Gasteiger partial charge in [0.15, 0.2) is 4.34 Å². The van der Waals surface area contributed by atoms with Crippen molar-refractivity contribution in [1.82, 2.24) is 10.2 Å². The van der Waals surface area contributed by atoms with Gasteiger partial charge in [-0.05, 0) is 25.1 Å². The number of nitrogens with two attached hydrogens (primary N) is 1. The van der Waals surface area contributed by atoms with Gasteiger partial charge in [-0.15, -0.1) is 10.2 Å². The van der Waals surface area contributed by atoms with Gasteiger partial charge in [0, 0.05) is 15.7 Å². The number of anilines is 2. The molecule has 1 heterocycles. The second kappa shape index (κ2) is 6.62. The Balaban J connectivity index is 2.00. The van der Waals surface area contributed by atoms with E-state index in [-0.39, 0.29) is 11.2 Å². The molecule has 1 aromatic carbocycles. The molecule has 2 rings (SSSR count). The highest BCUT2D eigenvalue weighted by molar-refractivity contribution is 8.02. The van der Waals surface area contributed by atoms with Crippen LogP contribution in [0.3, 0.4) is 0 Å². The minimum Gasteiger partial charge on any atom is -0.374 e. The van der Waals surface area contributed by atoms with Crippen molar-refractivity contribution in [1.29, 1.82) is 0 Å². The molecule has 0 saturated carbocycles. The second-order valence-corrected chi connectivity index (χ2v) is 7.28. The Labute approximate surface area is 133 Å². The van der Waals surface area contributed by atoms with Crippen LogP contribution in [0.1, 0.15) is 6.92 Å². The van der Waals surface area contributed by atoms with Crippen LogP contribution in [-0.4, -0.2) is 21.4 Å². The number of benzene rings is 1. The number of halogens is 2. The van der Waals surface area contributed by atoms with Crippen molar-refractivity contribution in [3.05, 3.63) is 28.2 Å². The summed E-state index contributed by atoms with van der Waals surface area (Å²) in [6.07, 6.45) is 0. The van der Waals surface area contributed by atoms with Crippen LogP contribution in [0.25, 0.3) is 0 Å². The largest absolute Gasteiger partial charge is 0.374 e. The van der Waals surface area contributed by atoms with Crippen LogP contribution >= 0.6 is 46.3 Å². The number of carbonyl (C=O) groups is 1. The van der Waals surface area contributed by atoms with Crippen LogP contribution in [0, 0.1) is 0 Å². The van der Waals surface area contributed by atoms with Gasteiger partial charge in [-0.3, -0.25) is 4.79 Å². The summed E-state index contributed by atoms with van der Waals surface area (Å²) in [5.74, 6) is -0.179. The van der Waals surface area contributed by atoms with Gasteiger partial charge in [0.1, 0.15) is 0 Å². The zero-order valence-electron chi connectivity index (χ0n) is 10.3. The number of nitrogens with zero attached hydrogens (tertiary/aromatic N) is 2. The number of thioether (sulfide) groups is 1. The Bertz CT molecular complexity index is 614. The first kappa shape index (κ1) is 15.4. The smallest absolute Gasteiger partial charge is 0.237 e. The Morgan fingerprint density at radius 2 is 2.00 bits per heavy atom. The summed E-state index contributed by atoms with van der Waals surface area (Å²) in [5, 5.41) is 11.3. The molecule has 0 spiro atoms. The molecule has 9 heteroatoms. The molecule has 0 aliphatic carbocycles. The predicted octanol–water partition coefficient (Wildman–Crippen LogP) is 3.55. The molecular weight excluding hydrogens is 339 g/mol. The molecule has 1 unspecified atom stereocenters. The first-order valence-electron chi connectivity index (χ1n) is 5.46. The summed E-state index contributed by atoms with van der Waals surface area (Å²) in [5.41, 5.74) is 6.04.